The molecule has 1 aromatic heterocycles. The van der Waals surface area contributed by atoms with E-state index in [2.05, 4.69) is 35.0 Å². The standard InChI is InChI=1S/C15H18ClN3/c1-10-7-8-11(2)19(9-10)15-13-6-4-3-5-12(13)14(16)17-18-15/h3-6,10-11H,7-9H2,1-2H3. The van der Waals surface area contributed by atoms with Gasteiger partial charge in [-0.2, -0.15) is 0 Å². The molecule has 1 aliphatic rings. The van der Waals surface area contributed by atoms with Crippen molar-refractivity contribution in [1.82, 2.24) is 10.2 Å². The van der Waals surface area contributed by atoms with Crippen LogP contribution in [-0.2, 0) is 0 Å². The van der Waals surface area contributed by atoms with E-state index in [1.807, 2.05) is 18.2 Å². The highest BCUT2D eigenvalue weighted by Gasteiger charge is 2.25. The molecule has 2 heterocycles. The molecule has 0 bridgehead atoms. The SMILES string of the molecule is CC1CCC(C)N(c2nnc(Cl)c3ccccc23)C1. The predicted molar refractivity (Wildman–Crippen MR) is 79.8 cm³/mol. The summed E-state index contributed by atoms with van der Waals surface area (Å²) in [4.78, 5) is 2.37. The highest BCUT2D eigenvalue weighted by atomic mass is 35.5. The number of aromatic nitrogens is 2. The van der Waals surface area contributed by atoms with E-state index in [0.717, 1.165) is 23.1 Å². The average molecular weight is 276 g/mol. The van der Waals surface area contributed by atoms with Crippen molar-refractivity contribution in [2.45, 2.75) is 32.7 Å². The predicted octanol–water partition coefficient (Wildman–Crippen LogP) is 3.91. The van der Waals surface area contributed by atoms with E-state index in [-0.39, 0.29) is 0 Å². The van der Waals surface area contributed by atoms with Gasteiger partial charge in [-0.05, 0) is 25.7 Å². The van der Waals surface area contributed by atoms with Gasteiger partial charge in [0.25, 0.3) is 0 Å². The smallest absolute Gasteiger partial charge is 0.159 e. The molecule has 100 valence electrons. The molecule has 1 fully saturated rings. The third-order valence-electron chi connectivity index (χ3n) is 4.01. The van der Waals surface area contributed by atoms with E-state index >= 15 is 0 Å². The van der Waals surface area contributed by atoms with Gasteiger partial charge < -0.3 is 4.90 Å². The Hall–Kier alpha value is -1.35. The zero-order valence-electron chi connectivity index (χ0n) is 11.3. The fourth-order valence-electron chi connectivity index (χ4n) is 2.85. The van der Waals surface area contributed by atoms with E-state index in [1.54, 1.807) is 0 Å². The molecule has 0 N–H and O–H groups in total. The zero-order valence-corrected chi connectivity index (χ0v) is 12.1. The fraction of sp³-hybridized carbons (Fsp3) is 0.467. The second kappa shape index (κ2) is 4.97. The Balaban J connectivity index is 2.12. The minimum absolute atomic E-state index is 0.483. The zero-order chi connectivity index (χ0) is 13.4. The van der Waals surface area contributed by atoms with Crippen LogP contribution >= 0.6 is 11.6 Å². The molecular weight excluding hydrogens is 258 g/mol. The first-order valence-electron chi connectivity index (χ1n) is 6.84. The lowest BCUT2D eigenvalue weighted by atomic mass is 9.95. The number of rotatable bonds is 1. The van der Waals surface area contributed by atoms with E-state index in [4.69, 9.17) is 11.6 Å². The Kier molecular flexibility index (Phi) is 3.31. The molecule has 0 amide bonds. The molecule has 3 nitrogen and oxygen atoms in total. The topological polar surface area (TPSA) is 29.0 Å². The summed E-state index contributed by atoms with van der Waals surface area (Å²) in [6, 6.07) is 8.62. The van der Waals surface area contributed by atoms with Crippen LogP contribution in [0.3, 0.4) is 0 Å². The van der Waals surface area contributed by atoms with Crippen LogP contribution in [-0.4, -0.2) is 22.8 Å². The lowest BCUT2D eigenvalue weighted by molar-refractivity contribution is 0.388. The summed E-state index contributed by atoms with van der Waals surface area (Å²) in [5.74, 6) is 1.67. The van der Waals surface area contributed by atoms with Crippen molar-refractivity contribution < 1.29 is 0 Å². The van der Waals surface area contributed by atoms with Crippen LogP contribution in [0.5, 0.6) is 0 Å². The Labute approximate surface area is 118 Å². The first kappa shape index (κ1) is 12.7. The second-order valence-corrected chi connectivity index (χ2v) is 5.90. The van der Waals surface area contributed by atoms with Gasteiger partial charge in [-0.3, -0.25) is 0 Å². The first-order chi connectivity index (χ1) is 9.16. The van der Waals surface area contributed by atoms with Gasteiger partial charge in [-0.1, -0.05) is 42.8 Å². The molecule has 0 aliphatic carbocycles. The maximum Gasteiger partial charge on any atom is 0.159 e. The van der Waals surface area contributed by atoms with Gasteiger partial charge in [0.15, 0.2) is 11.0 Å². The number of benzene rings is 1. The molecule has 4 heteroatoms. The Morgan fingerprint density at radius 2 is 1.84 bits per heavy atom. The molecular formula is C15H18ClN3. The highest BCUT2D eigenvalue weighted by Crippen LogP contribution is 2.32. The van der Waals surface area contributed by atoms with Gasteiger partial charge in [0.05, 0.1) is 0 Å². The average Bonchev–Trinajstić information content (AvgIpc) is 2.43. The summed E-state index contributed by atoms with van der Waals surface area (Å²) >= 11 is 6.14. The monoisotopic (exact) mass is 275 g/mol. The Bertz CT molecular complexity index is 599. The molecule has 1 saturated heterocycles. The summed E-state index contributed by atoms with van der Waals surface area (Å²) in [5.41, 5.74) is 0. The summed E-state index contributed by atoms with van der Waals surface area (Å²) < 4.78 is 0. The quantitative estimate of drug-likeness (QED) is 0.790. The normalized spacial score (nSPS) is 23.8. The molecule has 1 aromatic carbocycles. The summed E-state index contributed by atoms with van der Waals surface area (Å²) in [6.07, 6.45) is 2.50. The highest BCUT2D eigenvalue weighted by molar-refractivity contribution is 6.34. The molecule has 3 rings (SSSR count). The molecule has 1 aliphatic heterocycles. The molecule has 2 atom stereocenters. The lowest BCUT2D eigenvalue weighted by Crippen LogP contribution is -2.41. The molecule has 2 aromatic rings. The van der Waals surface area contributed by atoms with Crippen molar-refractivity contribution in [2.75, 3.05) is 11.4 Å². The van der Waals surface area contributed by atoms with Crippen LogP contribution in [0.2, 0.25) is 5.15 Å². The molecule has 0 spiro atoms. The van der Waals surface area contributed by atoms with Crippen LogP contribution in [0, 0.1) is 5.92 Å². The number of anilines is 1. The largest absolute Gasteiger partial charge is 0.352 e. The van der Waals surface area contributed by atoms with Gasteiger partial charge in [-0.15, -0.1) is 10.2 Å². The van der Waals surface area contributed by atoms with Crippen molar-refractivity contribution in [3.8, 4) is 0 Å². The van der Waals surface area contributed by atoms with Gasteiger partial charge in [0.2, 0.25) is 0 Å². The van der Waals surface area contributed by atoms with Crippen molar-refractivity contribution in [3.05, 3.63) is 29.4 Å². The number of halogens is 1. The van der Waals surface area contributed by atoms with E-state index < -0.39 is 0 Å². The first-order valence-corrected chi connectivity index (χ1v) is 7.22. The number of hydrogen-bond acceptors (Lipinski definition) is 3. The number of fused-ring (bicyclic) bond motifs is 1. The fourth-order valence-corrected chi connectivity index (χ4v) is 3.06. The molecule has 0 radical (unpaired) electrons. The van der Waals surface area contributed by atoms with Crippen LogP contribution < -0.4 is 4.90 Å². The van der Waals surface area contributed by atoms with Gasteiger partial charge in [0.1, 0.15) is 0 Å². The van der Waals surface area contributed by atoms with Gasteiger partial charge in [-0.25, -0.2) is 0 Å². The minimum atomic E-state index is 0.483. The second-order valence-electron chi connectivity index (χ2n) is 5.54. The van der Waals surface area contributed by atoms with Crippen LogP contribution in [0.4, 0.5) is 5.82 Å². The minimum Gasteiger partial charge on any atom is -0.352 e. The third kappa shape index (κ3) is 2.27. The van der Waals surface area contributed by atoms with E-state index in [0.29, 0.717) is 17.1 Å². The number of piperidine rings is 1. The van der Waals surface area contributed by atoms with Crippen molar-refractivity contribution in [1.29, 1.82) is 0 Å². The summed E-state index contributed by atoms with van der Waals surface area (Å²) in [6.45, 7) is 5.60. The van der Waals surface area contributed by atoms with Crippen molar-refractivity contribution in [3.63, 3.8) is 0 Å². The van der Waals surface area contributed by atoms with Gasteiger partial charge >= 0.3 is 0 Å². The van der Waals surface area contributed by atoms with Crippen LogP contribution in [0.1, 0.15) is 26.7 Å². The molecule has 2 unspecified atom stereocenters. The van der Waals surface area contributed by atoms with Crippen molar-refractivity contribution in [2.24, 2.45) is 5.92 Å². The third-order valence-corrected chi connectivity index (χ3v) is 4.29. The molecule has 0 saturated carbocycles. The van der Waals surface area contributed by atoms with E-state index in [1.165, 1.54) is 12.8 Å². The molecule has 19 heavy (non-hydrogen) atoms. The number of nitrogens with zero attached hydrogens (tertiary/aromatic N) is 3. The summed E-state index contributed by atoms with van der Waals surface area (Å²) in [7, 11) is 0. The van der Waals surface area contributed by atoms with Crippen LogP contribution in [0.15, 0.2) is 24.3 Å². The lowest BCUT2D eigenvalue weighted by Gasteiger charge is -2.37. The Morgan fingerprint density at radius 1 is 1.11 bits per heavy atom. The van der Waals surface area contributed by atoms with E-state index in [9.17, 15) is 0 Å². The Morgan fingerprint density at radius 3 is 2.63 bits per heavy atom. The van der Waals surface area contributed by atoms with Crippen LogP contribution in [0.25, 0.3) is 10.8 Å². The summed E-state index contributed by atoms with van der Waals surface area (Å²) in [5, 5.41) is 11.0. The maximum atomic E-state index is 6.14. The maximum absolute atomic E-state index is 6.14. The van der Waals surface area contributed by atoms with Crippen molar-refractivity contribution >= 4 is 28.2 Å². The van der Waals surface area contributed by atoms with Gasteiger partial charge in [0, 0.05) is 23.4 Å². The number of hydrogen-bond donors (Lipinski definition) is 0.